The van der Waals surface area contributed by atoms with Crippen LogP contribution in [0, 0.1) is 11.3 Å². The molecule has 30 heavy (non-hydrogen) atoms. The van der Waals surface area contributed by atoms with Crippen LogP contribution in [0.2, 0.25) is 0 Å². The predicted molar refractivity (Wildman–Crippen MR) is 116 cm³/mol. The van der Waals surface area contributed by atoms with Crippen LogP contribution in [-0.2, 0) is 0 Å². The van der Waals surface area contributed by atoms with Gasteiger partial charge >= 0.3 is 0 Å². The Labute approximate surface area is 174 Å². The van der Waals surface area contributed by atoms with Gasteiger partial charge in [0.2, 0.25) is 0 Å². The number of pyridine rings is 1. The first-order chi connectivity index (χ1) is 14.7. The van der Waals surface area contributed by atoms with Crippen molar-refractivity contribution in [1.82, 2.24) is 10.3 Å². The van der Waals surface area contributed by atoms with Gasteiger partial charge in [-0.25, -0.2) is 4.98 Å². The molecule has 0 aliphatic rings. The van der Waals surface area contributed by atoms with E-state index in [1.54, 1.807) is 18.2 Å². The number of carbonyl (C=O) groups is 1. The van der Waals surface area contributed by atoms with Crippen molar-refractivity contribution < 1.29 is 9.90 Å². The van der Waals surface area contributed by atoms with Crippen LogP contribution in [0.15, 0.2) is 84.9 Å². The number of hydrogen-bond donors (Lipinski definition) is 2. The van der Waals surface area contributed by atoms with Crippen molar-refractivity contribution in [3.8, 4) is 23.1 Å². The highest BCUT2D eigenvalue weighted by atomic mass is 16.3. The summed E-state index contributed by atoms with van der Waals surface area (Å²) in [6.45, 7) is 0.135. The Morgan fingerprint density at radius 2 is 1.60 bits per heavy atom. The SMILES string of the molecule is N#CC(CNC(=O)c1c(O)c(-c2ccccc2)nc2ccccc12)c1ccccc1. The van der Waals surface area contributed by atoms with Crippen molar-refractivity contribution in [3.63, 3.8) is 0 Å². The van der Waals surface area contributed by atoms with Gasteiger partial charge in [0.15, 0.2) is 5.75 Å². The molecule has 0 aliphatic carbocycles. The van der Waals surface area contributed by atoms with Gasteiger partial charge in [-0.05, 0) is 11.6 Å². The summed E-state index contributed by atoms with van der Waals surface area (Å²) in [7, 11) is 0. The molecule has 1 atom stereocenters. The molecule has 2 N–H and O–H groups in total. The largest absolute Gasteiger partial charge is 0.505 e. The second-order valence-electron chi connectivity index (χ2n) is 6.87. The zero-order chi connectivity index (χ0) is 20.9. The number of rotatable bonds is 5. The highest BCUT2D eigenvalue weighted by Crippen LogP contribution is 2.35. The van der Waals surface area contributed by atoms with Gasteiger partial charge in [0.25, 0.3) is 5.91 Å². The minimum atomic E-state index is -0.487. The van der Waals surface area contributed by atoms with Crippen LogP contribution < -0.4 is 5.32 Å². The molecule has 4 aromatic rings. The molecule has 0 aliphatic heterocycles. The average molecular weight is 393 g/mol. The number of benzene rings is 3. The van der Waals surface area contributed by atoms with Gasteiger partial charge < -0.3 is 10.4 Å². The second kappa shape index (κ2) is 8.46. The summed E-state index contributed by atoms with van der Waals surface area (Å²) in [6.07, 6.45) is 0. The first-order valence-corrected chi connectivity index (χ1v) is 9.59. The molecule has 0 spiro atoms. The van der Waals surface area contributed by atoms with Crippen molar-refractivity contribution in [1.29, 1.82) is 5.26 Å². The maximum absolute atomic E-state index is 13.1. The molecule has 0 saturated heterocycles. The Bertz CT molecular complexity index is 1230. The summed E-state index contributed by atoms with van der Waals surface area (Å²) in [5.41, 5.74) is 2.66. The highest BCUT2D eigenvalue weighted by molar-refractivity contribution is 6.10. The number of para-hydroxylation sites is 1. The quantitative estimate of drug-likeness (QED) is 0.517. The van der Waals surface area contributed by atoms with Crippen LogP contribution in [0.3, 0.4) is 0 Å². The lowest BCUT2D eigenvalue weighted by Crippen LogP contribution is -2.28. The van der Waals surface area contributed by atoms with Gasteiger partial charge in [-0.1, -0.05) is 78.9 Å². The molecule has 0 saturated carbocycles. The zero-order valence-corrected chi connectivity index (χ0v) is 16.1. The van der Waals surface area contributed by atoms with E-state index >= 15 is 0 Å². The summed E-state index contributed by atoms with van der Waals surface area (Å²) in [5.74, 6) is -1.11. The van der Waals surface area contributed by atoms with Crippen LogP contribution in [0.4, 0.5) is 0 Å². The van der Waals surface area contributed by atoms with Crippen molar-refractivity contribution in [3.05, 3.63) is 96.1 Å². The third kappa shape index (κ3) is 3.71. The number of fused-ring (bicyclic) bond motifs is 1. The Balaban J connectivity index is 1.71. The third-order valence-electron chi connectivity index (χ3n) is 4.97. The maximum atomic E-state index is 13.1. The van der Waals surface area contributed by atoms with Crippen LogP contribution in [-0.4, -0.2) is 22.5 Å². The number of amides is 1. The lowest BCUT2D eigenvalue weighted by atomic mass is 9.99. The molecule has 4 rings (SSSR count). The molecule has 0 radical (unpaired) electrons. The normalized spacial score (nSPS) is 11.6. The van der Waals surface area contributed by atoms with Gasteiger partial charge in [0, 0.05) is 17.5 Å². The Kier molecular flexibility index (Phi) is 5.40. The molecule has 1 heterocycles. The molecule has 5 nitrogen and oxygen atoms in total. The van der Waals surface area contributed by atoms with E-state index in [4.69, 9.17) is 0 Å². The Morgan fingerprint density at radius 3 is 2.30 bits per heavy atom. The molecular weight excluding hydrogens is 374 g/mol. The number of nitrogens with one attached hydrogen (secondary N) is 1. The van der Waals surface area contributed by atoms with Crippen LogP contribution in [0.5, 0.6) is 5.75 Å². The molecule has 5 heteroatoms. The van der Waals surface area contributed by atoms with Gasteiger partial charge in [-0.2, -0.15) is 5.26 Å². The van der Waals surface area contributed by atoms with Gasteiger partial charge in [-0.15, -0.1) is 0 Å². The van der Waals surface area contributed by atoms with Crippen molar-refractivity contribution in [2.24, 2.45) is 0 Å². The maximum Gasteiger partial charge on any atom is 0.255 e. The fraction of sp³-hybridized carbons (Fsp3) is 0.0800. The van der Waals surface area contributed by atoms with Crippen molar-refractivity contribution in [2.45, 2.75) is 5.92 Å². The van der Waals surface area contributed by atoms with E-state index in [9.17, 15) is 15.2 Å². The van der Waals surface area contributed by atoms with Crippen LogP contribution >= 0.6 is 0 Å². The van der Waals surface area contributed by atoms with Crippen LogP contribution in [0.1, 0.15) is 21.8 Å². The van der Waals surface area contributed by atoms with E-state index in [0.29, 0.717) is 22.2 Å². The molecule has 1 amide bonds. The number of nitriles is 1. The number of carbonyl (C=O) groups excluding carboxylic acids is 1. The average Bonchev–Trinajstić information content (AvgIpc) is 2.80. The van der Waals surface area contributed by atoms with E-state index < -0.39 is 11.8 Å². The lowest BCUT2D eigenvalue weighted by molar-refractivity contribution is 0.0952. The van der Waals surface area contributed by atoms with Crippen molar-refractivity contribution >= 4 is 16.8 Å². The number of aromatic hydroxyl groups is 1. The number of hydrogen-bond acceptors (Lipinski definition) is 4. The third-order valence-corrected chi connectivity index (χ3v) is 4.97. The molecule has 1 aromatic heterocycles. The van der Waals surface area contributed by atoms with Crippen LogP contribution in [0.25, 0.3) is 22.2 Å². The number of nitrogens with zero attached hydrogens (tertiary/aromatic N) is 2. The van der Waals surface area contributed by atoms with E-state index in [-0.39, 0.29) is 17.9 Å². The summed E-state index contributed by atoms with van der Waals surface area (Å²) in [4.78, 5) is 17.7. The summed E-state index contributed by atoms with van der Waals surface area (Å²) in [6, 6.07) is 28.0. The lowest BCUT2D eigenvalue weighted by Gasteiger charge is -2.15. The minimum absolute atomic E-state index is 0.135. The van der Waals surface area contributed by atoms with E-state index in [0.717, 1.165) is 5.56 Å². The second-order valence-corrected chi connectivity index (χ2v) is 6.87. The molecule has 146 valence electrons. The fourth-order valence-corrected chi connectivity index (χ4v) is 3.44. The van der Waals surface area contributed by atoms with Crippen molar-refractivity contribution in [2.75, 3.05) is 6.54 Å². The Morgan fingerprint density at radius 1 is 0.967 bits per heavy atom. The van der Waals surface area contributed by atoms with E-state index in [1.165, 1.54) is 0 Å². The number of aromatic nitrogens is 1. The van der Waals surface area contributed by atoms with E-state index in [2.05, 4.69) is 16.4 Å². The zero-order valence-electron chi connectivity index (χ0n) is 16.1. The van der Waals surface area contributed by atoms with Gasteiger partial charge in [0.05, 0.1) is 23.1 Å². The molecule has 0 fully saturated rings. The molecule has 0 bridgehead atoms. The van der Waals surface area contributed by atoms with E-state index in [1.807, 2.05) is 66.7 Å². The smallest absolute Gasteiger partial charge is 0.255 e. The topological polar surface area (TPSA) is 86.0 Å². The summed E-state index contributed by atoms with van der Waals surface area (Å²) < 4.78 is 0. The minimum Gasteiger partial charge on any atom is -0.505 e. The summed E-state index contributed by atoms with van der Waals surface area (Å²) >= 11 is 0. The molecular formula is C25H19N3O2. The van der Waals surface area contributed by atoms with Gasteiger partial charge in [-0.3, -0.25) is 4.79 Å². The first-order valence-electron chi connectivity index (χ1n) is 9.59. The highest BCUT2D eigenvalue weighted by Gasteiger charge is 2.22. The first kappa shape index (κ1) is 19.2. The monoisotopic (exact) mass is 393 g/mol. The van der Waals surface area contributed by atoms with Gasteiger partial charge in [0.1, 0.15) is 5.69 Å². The standard InChI is InChI=1S/C25H19N3O2/c26-15-19(17-9-3-1-4-10-17)16-27-25(30)22-20-13-7-8-14-21(20)28-23(24(22)29)18-11-5-2-6-12-18/h1-14,19,29H,16H2,(H,27,30). The molecule has 3 aromatic carbocycles. The fourth-order valence-electron chi connectivity index (χ4n) is 3.44. The predicted octanol–water partition coefficient (Wildman–Crippen LogP) is 4.64. The molecule has 1 unspecified atom stereocenters. The summed E-state index contributed by atoms with van der Waals surface area (Å²) in [5, 5.41) is 23.9. The Hall–Kier alpha value is -4.17.